The first-order valence-corrected chi connectivity index (χ1v) is 9.39. The molecule has 3 heterocycles. The minimum atomic E-state index is -0.256. The Morgan fingerprint density at radius 3 is 2.93 bits per heavy atom. The summed E-state index contributed by atoms with van der Waals surface area (Å²) in [5.74, 6) is 1.11. The summed E-state index contributed by atoms with van der Waals surface area (Å²) in [6, 6.07) is 5.33. The second-order valence-corrected chi connectivity index (χ2v) is 7.75. The van der Waals surface area contributed by atoms with Gasteiger partial charge in [-0.1, -0.05) is 6.07 Å². The number of ether oxygens (including phenoxy) is 2. The highest BCUT2D eigenvalue weighted by atomic mass is 32.1. The monoisotopic (exact) mass is 385 g/mol. The number of hydrogen-bond acceptors (Lipinski definition) is 6. The lowest BCUT2D eigenvalue weighted by atomic mass is 10.1. The Kier molecular flexibility index (Phi) is 4.35. The zero-order valence-corrected chi connectivity index (χ0v) is 16.1. The number of nitrogens with zero attached hydrogens (tertiary/aromatic N) is 2. The Bertz CT molecular complexity index is 1100. The van der Waals surface area contributed by atoms with E-state index in [4.69, 9.17) is 9.47 Å². The predicted octanol–water partition coefficient (Wildman–Crippen LogP) is 2.68. The lowest BCUT2D eigenvalue weighted by Crippen LogP contribution is -2.34. The van der Waals surface area contributed by atoms with Crippen LogP contribution in [0, 0.1) is 13.8 Å². The second kappa shape index (κ2) is 6.70. The van der Waals surface area contributed by atoms with E-state index in [9.17, 15) is 9.59 Å². The smallest absolute Gasteiger partial charge is 0.262 e. The average molecular weight is 385 g/mol. The van der Waals surface area contributed by atoms with Crippen LogP contribution in [0.4, 0.5) is 0 Å². The maximum Gasteiger partial charge on any atom is 0.262 e. The first-order valence-electron chi connectivity index (χ1n) is 8.58. The molecule has 1 aromatic carbocycles. The minimum Gasteiger partial charge on any atom is -0.454 e. The molecular weight excluding hydrogens is 366 g/mol. The van der Waals surface area contributed by atoms with Gasteiger partial charge in [0.2, 0.25) is 12.7 Å². The normalized spacial score (nSPS) is 13.7. The number of rotatable bonds is 4. The molecule has 1 N–H and O–H groups in total. The molecule has 8 heteroatoms. The average Bonchev–Trinajstić information content (AvgIpc) is 3.21. The highest BCUT2D eigenvalue weighted by Gasteiger charge is 2.18. The van der Waals surface area contributed by atoms with Crippen molar-refractivity contribution in [1.82, 2.24) is 14.9 Å². The molecule has 1 aliphatic heterocycles. The van der Waals surface area contributed by atoms with E-state index in [1.165, 1.54) is 22.2 Å². The summed E-state index contributed by atoms with van der Waals surface area (Å²) in [5.41, 5.74) is 1.64. The van der Waals surface area contributed by atoms with Gasteiger partial charge in [0.15, 0.2) is 11.5 Å². The van der Waals surface area contributed by atoms with Crippen molar-refractivity contribution < 1.29 is 14.3 Å². The van der Waals surface area contributed by atoms with Gasteiger partial charge in [-0.2, -0.15) is 0 Å². The molecule has 0 spiro atoms. The number of aryl methyl sites for hydroxylation is 2. The van der Waals surface area contributed by atoms with E-state index in [0.717, 1.165) is 16.0 Å². The zero-order chi connectivity index (χ0) is 19.1. The Labute approximate surface area is 159 Å². The van der Waals surface area contributed by atoms with E-state index in [0.29, 0.717) is 21.7 Å². The first kappa shape index (κ1) is 17.5. The highest BCUT2D eigenvalue weighted by molar-refractivity contribution is 7.18. The van der Waals surface area contributed by atoms with Crippen molar-refractivity contribution in [3.05, 3.63) is 50.9 Å². The molecule has 7 nitrogen and oxygen atoms in total. The predicted molar refractivity (Wildman–Crippen MR) is 102 cm³/mol. The molecule has 1 atom stereocenters. The van der Waals surface area contributed by atoms with E-state index in [-0.39, 0.29) is 30.8 Å². The van der Waals surface area contributed by atoms with Crippen LogP contribution < -0.4 is 20.3 Å². The third-order valence-corrected chi connectivity index (χ3v) is 5.86. The number of thiophene rings is 1. The van der Waals surface area contributed by atoms with Gasteiger partial charge in [-0.15, -0.1) is 11.3 Å². The molecule has 0 saturated carbocycles. The Hall–Kier alpha value is -2.87. The Morgan fingerprint density at radius 1 is 1.33 bits per heavy atom. The van der Waals surface area contributed by atoms with Crippen LogP contribution in [0.1, 0.15) is 29.0 Å². The molecule has 27 heavy (non-hydrogen) atoms. The van der Waals surface area contributed by atoms with E-state index in [2.05, 4.69) is 10.3 Å². The zero-order valence-electron chi connectivity index (χ0n) is 15.2. The van der Waals surface area contributed by atoms with Crippen LogP contribution in [0.25, 0.3) is 10.2 Å². The summed E-state index contributed by atoms with van der Waals surface area (Å²) >= 11 is 1.49. The van der Waals surface area contributed by atoms with Gasteiger partial charge < -0.3 is 14.8 Å². The van der Waals surface area contributed by atoms with Gasteiger partial charge in [-0.05, 0) is 44.0 Å². The molecule has 1 amide bonds. The van der Waals surface area contributed by atoms with Gasteiger partial charge in [0.25, 0.3) is 5.56 Å². The number of fused-ring (bicyclic) bond motifs is 2. The van der Waals surface area contributed by atoms with Crippen molar-refractivity contribution in [2.75, 3.05) is 6.79 Å². The van der Waals surface area contributed by atoms with Gasteiger partial charge in [0.1, 0.15) is 11.4 Å². The van der Waals surface area contributed by atoms with Crippen molar-refractivity contribution in [1.29, 1.82) is 0 Å². The van der Waals surface area contributed by atoms with Crippen LogP contribution in [-0.4, -0.2) is 22.3 Å². The molecule has 0 aliphatic carbocycles. The fraction of sp³-hybridized carbons (Fsp3) is 0.316. The summed E-state index contributed by atoms with van der Waals surface area (Å²) in [6.07, 6.45) is 1.44. The van der Waals surface area contributed by atoms with Gasteiger partial charge in [-0.25, -0.2) is 4.98 Å². The molecule has 140 valence electrons. The fourth-order valence-electron chi connectivity index (χ4n) is 3.09. The third-order valence-electron chi connectivity index (χ3n) is 4.74. The van der Waals surface area contributed by atoms with E-state index < -0.39 is 0 Å². The van der Waals surface area contributed by atoms with Crippen molar-refractivity contribution in [3.8, 4) is 11.5 Å². The quantitative estimate of drug-likeness (QED) is 0.747. The molecule has 0 radical (unpaired) electrons. The van der Waals surface area contributed by atoms with E-state index in [1.807, 2.05) is 39.0 Å². The second-order valence-electron chi connectivity index (χ2n) is 6.54. The van der Waals surface area contributed by atoms with E-state index >= 15 is 0 Å². The van der Waals surface area contributed by atoms with Crippen LogP contribution in [-0.2, 0) is 11.3 Å². The van der Waals surface area contributed by atoms with Crippen molar-refractivity contribution in [2.45, 2.75) is 33.4 Å². The number of benzene rings is 1. The molecule has 2 aromatic heterocycles. The number of nitrogens with one attached hydrogen (secondary N) is 1. The molecule has 0 unspecified atom stereocenters. The van der Waals surface area contributed by atoms with Crippen LogP contribution in [0.5, 0.6) is 11.5 Å². The lowest BCUT2D eigenvalue weighted by molar-refractivity contribution is -0.122. The number of aromatic nitrogens is 2. The first-order chi connectivity index (χ1) is 12.9. The van der Waals surface area contributed by atoms with Crippen molar-refractivity contribution >= 4 is 27.5 Å². The number of amides is 1. The molecule has 0 saturated heterocycles. The van der Waals surface area contributed by atoms with Crippen molar-refractivity contribution in [3.63, 3.8) is 0 Å². The Morgan fingerprint density at radius 2 is 2.11 bits per heavy atom. The van der Waals surface area contributed by atoms with Gasteiger partial charge in [0, 0.05) is 4.88 Å². The number of hydrogen-bond donors (Lipinski definition) is 1. The van der Waals surface area contributed by atoms with Crippen LogP contribution in [0.15, 0.2) is 29.3 Å². The van der Waals surface area contributed by atoms with Crippen LogP contribution in [0.2, 0.25) is 0 Å². The molecule has 0 fully saturated rings. The number of carbonyl (C=O) groups is 1. The number of carbonyl (C=O) groups excluding carboxylic acids is 1. The maximum atomic E-state index is 12.7. The summed E-state index contributed by atoms with van der Waals surface area (Å²) in [6.45, 7) is 5.88. The summed E-state index contributed by atoms with van der Waals surface area (Å²) in [4.78, 5) is 31.3. The largest absolute Gasteiger partial charge is 0.454 e. The van der Waals surface area contributed by atoms with E-state index in [1.54, 1.807) is 0 Å². The van der Waals surface area contributed by atoms with Gasteiger partial charge >= 0.3 is 0 Å². The SMILES string of the molecule is Cc1sc2ncn(CC(=O)N[C@@H](C)c3ccc4c(c3)OCO4)c(=O)c2c1C. The lowest BCUT2D eigenvalue weighted by Gasteiger charge is -2.15. The third kappa shape index (κ3) is 3.16. The maximum absolute atomic E-state index is 12.7. The van der Waals surface area contributed by atoms with Crippen LogP contribution >= 0.6 is 11.3 Å². The van der Waals surface area contributed by atoms with Crippen LogP contribution in [0.3, 0.4) is 0 Å². The summed E-state index contributed by atoms with van der Waals surface area (Å²) < 4.78 is 12.0. The van der Waals surface area contributed by atoms with Crippen molar-refractivity contribution in [2.24, 2.45) is 0 Å². The van der Waals surface area contributed by atoms with Gasteiger partial charge in [0.05, 0.1) is 17.8 Å². The molecule has 3 aromatic rings. The standard InChI is InChI=1S/C19H19N3O4S/c1-10-12(3)27-18-17(10)19(24)22(8-20-18)7-16(23)21-11(2)13-4-5-14-15(6-13)26-9-25-14/h4-6,8,11H,7,9H2,1-3H3,(H,21,23)/t11-/m0/s1. The topological polar surface area (TPSA) is 82.5 Å². The summed E-state index contributed by atoms with van der Waals surface area (Å²) in [7, 11) is 0. The molecule has 4 rings (SSSR count). The highest BCUT2D eigenvalue weighted by Crippen LogP contribution is 2.34. The molecular formula is C19H19N3O4S. The summed E-state index contributed by atoms with van der Waals surface area (Å²) in [5, 5.41) is 3.50. The Balaban J connectivity index is 1.51. The molecule has 0 bridgehead atoms. The minimum absolute atomic E-state index is 0.0784. The van der Waals surface area contributed by atoms with Gasteiger partial charge in [-0.3, -0.25) is 14.2 Å². The molecule has 1 aliphatic rings. The fourth-order valence-corrected chi connectivity index (χ4v) is 4.08.